The molecule has 19 heavy (non-hydrogen) atoms. The number of hydrogen-bond donors (Lipinski definition) is 1. The average Bonchev–Trinajstić information content (AvgIpc) is 2.93. The van der Waals surface area contributed by atoms with Crippen molar-refractivity contribution in [2.45, 2.75) is 12.8 Å². The van der Waals surface area contributed by atoms with Gasteiger partial charge in [0.25, 0.3) is 0 Å². The molecule has 0 amide bonds. The first-order valence-corrected chi connectivity index (χ1v) is 6.31. The van der Waals surface area contributed by atoms with Crippen LogP contribution in [0.2, 0.25) is 0 Å². The van der Waals surface area contributed by atoms with E-state index in [1.165, 1.54) is 0 Å². The van der Waals surface area contributed by atoms with Crippen molar-refractivity contribution in [3.63, 3.8) is 0 Å². The van der Waals surface area contributed by atoms with Crippen LogP contribution in [0.4, 0.5) is 11.9 Å². The highest BCUT2D eigenvalue weighted by atomic mass is 16.5. The van der Waals surface area contributed by atoms with Crippen molar-refractivity contribution < 1.29 is 4.74 Å². The van der Waals surface area contributed by atoms with E-state index in [9.17, 15) is 0 Å². The molecular weight excluding hydrogens is 242 g/mol. The maximum atomic E-state index is 5.71. The van der Waals surface area contributed by atoms with E-state index in [0.29, 0.717) is 11.7 Å². The van der Waals surface area contributed by atoms with Crippen LogP contribution >= 0.6 is 0 Å². The number of nitrogens with zero attached hydrogens (tertiary/aromatic N) is 4. The van der Waals surface area contributed by atoms with Crippen molar-refractivity contribution >= 4 is 11.9 Å². The van der Waals surface area contributed by atoms with Gasteiger partial charge in [-0.15, -0.1) is 0 Å². The first-order valence-electron chi connectivity index (χ1n) is 6.31. The third-order valence-electron chi connectivity index (χ3n) is 2.96. The van der Waals surface area contributed by atoms with E-state index < -0.39 is 0 Å². The highest BCUT2D eigenvalue weighted by Gasteiger charge is 2.17. The van der Waals surface area contributed by atoms with E-state index in [2.05, 4.69) is 19.9 Å². The second-order valence-corrected chi connectivity index (χ2v) is 4.39. The summed E-state index contributed by atoms with van der Waals surface area (Å²) in [7, 11) is 0. The van der Waals surface area contributed by atoms with Gasteiger partial charge >= 0.3 is 6.01 Å². The van der Waals surface area contributed by atoms with Crippen LogP contribution in [0.25, 0.3) is 0 Å². The Labute approximate surface area is 111 Å². The lowest BCUT2D eigenvalue weighted by Gasteiger charge is -2.15. The number of nitrogens with two attached hydrogens (primary N) is 1. The number of nitrogen functional groups attached to an aromatic ring is 1. The molecule has 0 saturated carbocycles. The number of benzene rings is 1. The molecule has 1 fully saturated rings. The molecule has 2 aromatic rings. The Bertz CT molecular complexity index is 554. The summed E-state index contributed by atoms with van der Waals surface area (Å²) in [5.74, 6) is 1.46. The lowest BCUT2D eigenvalue weighted by molar-refractivity contribution is 0.440. The number of anilines is 2. The summed E-state index contributed by atoms with van der Waals surface area (Å²) in [6.45, 7) is 1.91. The van der Waals surface area contributed by atoms with Crippen LogP contribution in [0.1, 0.15) is 12.8 Å². The van der Waals surface area contributed by atoms with Gasteiger partial charge in [0.1, 0.15) is 5.75 Å². The SMILES string of the molecule is Nc1nc(Oc2ccccc2)nc(N2CCCC2)n1. The van der Waals surface area contributed by atoms with Gasteiger partial charge in [-0.2, -0.15) is 15.0 Å². The summed E-state index contributed by atoms with van der Waals surface area (Å²) in [5, 5.41) is 0. The summed E-state index contributed by atoms with van der Waals surface area (Å²) in [6.07, 6.45) is 2.31. The fraction of sp³-hybridized carbons (Fsp3) is 0.308. The van der Waals surface area contributed by atoms with Crippen molar-refractivity contribution in [1.29, 1.82) is 0 Å². The third kappa shape index (κ3) is 2.73. The molecule has 0 atom stereocenters. The Hall–Kier alpha value is -2.37. The number of rotatable bonds is 3. The highest BCUT2D eigenvalue weighted by molar-refractivity contribution is 5.37. The topological polar surface area (TPSA) is 77.2 Å². The summed E-state index contributed by atoms with van der Waals surface area (Å²) in [5.41, 5.74) is 5.71. The number of aromatic nitrogens is 3. The molecule has 2 N–H and O–H groups in total. The molecule has 98 valence electrons. The highest BCUT2D eigenvalue weighted by Crippen LogP contribution is 2.22. The zero-order valence-corrected chi connectivity index (χ0v) is 10.5. The van der Waals surface area contributed by atoms with Crippen molar-refractivity contribution in [1.82, 2.24) is 15.0 Å². The van der Waals surface area contributed by atoms with Crippen LogP contribution in [0.5, 0.6) is 11.8 Å². The Morgan fingerprint density at radius 1 is 1.00 bits per heavy atom. The van der Waals surface area contributed by atoms with Crippen molar-refractivity contribution in [3.8, 4) is 11.8 Å². The van der Waals surface area contributed by atoms with Crippen LogP contribution in [0.15, 0.2) is 30.3 Å². The Morgan fingerprint density at radius 3 is 2.47 bits per heavy atom. The second kappa shape index (κ2) is 5.09. The van der Waals surface area contributed by atoms with Gasteiger partial charge in [-0.25, -0.2) is 0 Å². The zero-order valence-electron chi connectivity index (χ0n) is 10.5. The molecule has 0 aliphatic carbocycles. The molecule has 1 aliphatic heterocycles. The van der Waals surface area contributed by atoms with Gasteiger partial charge in [-0.05, 0) is 25.0 Å². The normalized spacial score (nSPS) is 14.6. The molecule has 1 aromatic carbocycles. The second-order valence-electron chi connectivity index (χ2n) is 4.39. The minimum absolute atomic E-state index is 0.183. The molecule has 3 rings (SSSR count). The average molecular weight is 257 g/mol. The van der Waals surface area contributed by atoms with Gasteiger partial charge < -0.3 is 15.4 Å². The smallest absolute Gasteiger partial charge is 0.328 e. The van der Waals surface area contributed by atoms with Crippen LogP contribution in [-0.4, -0.2) is 28.0 Å². The molecule has 1 saturated heterocycles. The summed E-state index contributed by atoms with van der Waals surface area (Å²) in [6, 6.07) is 9.62. The Kier molecular flexibility index (Phi) is 3.14. The maximum Gasteiger partial charge on any atom is 0.328 e. The van der Waals surface area contributed by atoms with E-state index in [1.807, 2.05) is 30.3 Å². The van der Waals surface area contributed by atoms with E-state index in [-0.39, 0.29) is 12.0 Å². The lowest BCUT2D eigenvalue weighted by atomic mass is 10.3. The van der Waals surface area contributed by atoms with E-state index in [0.717, 1.165) is 25.9 Å². The predicted octanol–water partition coefficient (Wildman–Crippen LogP) is 1.85. The van der Waals surface area contributed by atoms with Gasteiger partial charge in [-0.1, -0.05) is 18.2 Å². The fourth-order valence-electron chi connectivity index (χ4n) is 2.06. The molecule has 6 heteroatoms. The molecule has 1 aromatic heterocycles. The monoisotopic (exact) mass is 257 g/mol. The summed E-state index contributed by atoms with van der Waals surface area (Å²) >= 11 is 0. The fourth-order valence-corrected chi connectivity index (χ4v) is 2.06. The predicted molar refractivity (Wildman–Crippen MR) is 72.2 cm³/mol. The molecule has 6 nitrogen and oxygen atoms in total. The maximum absolute atomic E-state index is 5.71. The van der Waals surface area contributed by atoms with Crippen molar-refractivity contribution in [2.24, 2.45) is 0 Å². The third-order valence-corrected chi connectivity index (χ3v) is 2.96. The standard InChI is InChI=1S/C13H15N5O/c14-11-15-12(18-8-4-5-9-18)17-13(16-11)19-10-6-2-1-3-7-10/h1-3,6-7H,4-5,8-9H2,(H2,14,15,16,17). The van der Waals surface area contributed by atoms with Crippen LogP contribution < -0.4 is 15.4 Å². The van der Waals surface area contributed by atoms with E-state index in [1.54, 1.807) is 0 Å². The van der Waals surface area contributed by atoms with Gasteiger partial charge in [0.2, 0.25) is 11.9 Å². The summed E-state index contributed by atoms with van der Waals surface area (Å²) in [4.78, 5) is 14.6. The van der Waals surface area contributed by atoms with Crippen LogP contribution in [0, 0.1) is 0 Å². The molecule has 0 unspecified atom stereocenters. The number of para-hydroxylation sites is 1. The molecule has 0 spiro atoms. The number of hydrogen-bond acceptors (Lipinski definition) is 6. The first-order chi connectivity index (χ1) is 9.31. The van der Waals surface area contributed by atoms with Gasteiger partial charge in [-0.3, -0.25) is 0 Å². The Balaban J connectivity index is 1.85. The van der Waals surface area contributed by atoms with Gasteiger partial charge in [0.15, 0.2) is 0 Å². The number of ether oxygens (including phenoxy) is 1. The zero-order chi connectivity index (χ0) is 13.1. The molecule has 2 heterocycles. The van der Waals surface area contributed by atoms with Crippen molar-refractivity contribution in [2.75, 3.05) is 23.7 Å². The van der Waals surface area contributed by atoms with Crippen LogP contribution in [-0.2, 0) is 0 Å². The molecular formula is C13H15N5O. The van der Waals surface area contributed by atoms with E-state index in [4.69, 9.17) is 10.5 Å². The van der Waals surface area contributed by atoms with Gasteiger partial charge in [0, 0.05) is 13.1 Å². The molecule has 0 radical (unpaired) electrons. The first kappa shape index (κ1) is 11.7. The summed E-state index contributed by atoms with van der Waals surface area (Å²) < 4.78 is 5.59. The van der Waals surface area contributed by atoms with Gasteiger partial charge in [0.05, 0.1) is 0 Å². The molecule has 0 bridgehead atoms. The quantitative estimate of drug-likeness (QED) is 0.904. The van der Waals surface area contributed by atoms with Crippen molar-refractivity contribution in [3.05, 3.63) is 30.3 Å². The lowest BCUT2D eigenvalue weighted by Crippen LogP contribution is -2.21. The largest absolute Gasteiger partial charge is 0.424 e. The Morgan fingerprint density at radius 2 is 1.74 bits per heavy atom. The minimum atomic E-state index is 0.183. The van der Waals surface area contributed by atoms with E-state index >= 15 is 0 Å². The molecule has 1 aliphatic rings. The van der Waals surface area contributed by atoms with Crippen LogP contribution in [0.3, 0.4) is 0 Å². The minimum Gasteiger partial charge on any atom is -0.424 e.